The van der Waals surface area contributed by atoms with Crippen molar-refractivity contribution >= 4 is 41.1 Å². The van der Waals surface area contributed by atoms with Crippen LogP contribution in [0.2, 0.25) is 0 Å². The van der Waals surface area contributed by atoms with Crippen molar-refractivity contribution in [2.45, 2.75) is 49.7 Å². The molecule has 4 atom stereocenters. The highest BCUT2D eigenvalue weighted by Crippen LogP contribution is 2.38. The first kappa shape index (κ1) is 31.3. The standard InChI is InChI=1S/C30H29NO11S/c1-17(31(15-23(32)33)26(34)24-25(27(35)36)42-30(41-24,28(37)38)29(39)40)21(13-12-18-8-4-2-5-9-18)22-14-20(16-43-22)19-10-6-3-7-11-19/h2-11,14,16-17,21,24-25H,12-13,15H2,1H3,(H,32,33)(H,35,36)(H,37,38)(H,39,40). The number of carbonyl (C=O) groups is 5. The van der Waals surface area contributed by atoms with Gasteiger partial charge < -0.3 is 34.8 Å². The number of hydrogen-bond acceptors (Lipinski definition) is 8. The highest BCUT2D eigenvalue weighted by molar-refractivity contribution is 7.10. The number of ether oxygens (including phenoxy) is 2. The number of aliphatic carboxylic acids is 4. The first-order valence-electron chi connectivity index (χ1n) is 13.2. The van der Waals surface area contributed by atoms with Crippen LogP contribution in [0.15, 0.2) is 72.1 Å². The zero-order valence-corrected chi connectivity index (χ0v) is 23.7. The molecule has 0 radical (unpaired) electrons. The molecule has 4 N–H and O–H groups in total. The number of rotatable bonds is 13. The molecule has 2 heterocycles. The van der Waals surface area contributed by atoms with Gasteiger partial charge in [-0.05, 0) is 47.9 Å². The van der Waals surface area contributed by atoms with E-state index in [1.54, 1.807) is 6.92 Å². The Hall–Kier alpha value is -4.59. The van der Waals surface area contributed by atoms with Gasteiger partial charge in [0.2, 0.25) is 0 Å². The van der Waals surface area contributed by atoms with E-state index in [1.807, 2.05) is 72.1 Å². The Morgan fingerprint density at radius 2 is 1.44 bits per heavy atom. The lowest BCUT2D eigenvalue weighted by Crippen LogP contribution is -2.53. The van der Waals surface area contributed by atoms with Crippen LogP contribution in [0.5, 0.6) is 0 Å². The Morgan fingerprint density at radius 3 is 2.00 bits per heavy atom. The number of thiophene rings is 1. The number of carboxylic acids is 4. The molecule has 0 spiro atoms. The molecule has 13 heteroatoms. The normalized spacial score (nSPS) is 18.8. The van der Waals surface area contributed by atoms with Crippen molar-refractivity contribution in [3.63, 3.8) is 0 Å². The summed E-state index contributed by atoms with van der Waals surface area (Å²) in [5.74, 6) is -12.8. The van der Waals surface area contributed by atoms with E-state index in [0.717, 1.165) is 26.5 Å². The van der Waals surface area contributed by atoms with Crippen molar-refractivity contribution in [2.75, 3.05) is 6.54 Å². The number of aryl methyl sites for hydroxylation is 1. The fraction of sp³-hybridized carbons (Fsp3) is 0.300. The van der Waals surface area contributed by atoms with Gasteiger partial charge in [-0.15, -0.1) is 11.3 Å². The van der Waals surface area contributed by atoms with Crippen LogP contribution in [0.3, 0.4) is 0 Å². The molecular weight excluding hydrogens is 582 g/mol. The molecule has 1 aromatic heterocycles. The van der Waals surface area contributed by atoms with Crippen LogP contribution < -0.4 is 0 Å². The highest BCUT2D eigenvalue weighted by Gasteiger charge is 2.64. The summed E-state index contributed by atoms with van der Waals surface area (Å²) in [6, 6.07) is 20.1. The first-order chi connectivity index (χ1) is 20.4. The fourth-order valence-electron chi connectivity index (χ4n) is 5.03. The highest BCUT2D eigenvalue weighted by atomic mass is 32.1. The van der Waals surface area contributed by atoms with Crippen LogP contribution in [-0.4, -0.2) is 85.7 Å². The maximum absolute atomic E-state index is 13.8. The van der Waals surface area contributed by atoms with Crippen LogP contribution in [0.1, 0.15) is 29.7 Å². The number of nitrogens with zero attached hydrogens (tertiary/aromatic N) is 1. The van der Waals surface area contributed by atoms with Crippen LogP contribution in [0, 0.1) is 0 Å². The van der Waals surface area contributed by atoms with Crippen molar-refractivity contribution in [1.82, 2.24) is 4.90 Å². The van der Waals surface area contributed by atoms with E-state index < -0.39 is 66.3 Å². The molecule has 0 saturated carbocycles. The van der Waals surface area contributed by atoms with Gasteiger partial charge in [0.25, 0.3) is 5.91 Å². The van der Waals surface area contributed by atoms with Gasteiger partial charge in [0.15, 0.2) is 12.2 Å². The monoisotopic (exact) mass is 611 g/mol. The Labute approximate surface area is 249 Å². The van der Waals surface area contributed by atoms with E-state index in [4.69, 9.17) is 9.47 Å². The van der Waals surface area contributed by atoms with E-state index in [9.17, 15) is 44.4 Å². The second kappa shape index (κ2) is 13.2. The number of carbonyl (C=O) groups excluding carboxylic acids is 1. The number of amides is 1. The average molecular weight is 612 g/mol. The van der Waals surface area contributed by atoms with Crippen LogP contribution in [0.25, 0.3) is 11.1 Å². The molecule has 2 aromatic carbocycles. The summed E-state index contributed by atoms with van der Waals surface area (Å²) in [6.07, 6.45) is -3.55. The molecule has 3 aromatic rings. The smallest absolute Gasteiger partial charge is 0.377 e. The maximum atomic E-state index is 13.8. The molecule has 1 aliphatic rings. The van der Waals surface area contributed by atoms with Crippen molar-refractivity contribution < 1.29 is 53.9 Å². The number of carboxylic acid groups (broad SMARTS) is 4. The maximum Gasteiger partial charge on any atom is 0.377 e. The van der Waals surface area contributed by atoms with E-state index in [1.165, 1.54) is 11.3 Å². The molecule has 1 amide bonds. The Morgan fingerprint density at radius 1 is 0.860 bits per heavy atom. The van der Waals surface area contributed by atoms with Gasteiger partial charge in [-0.3, -0.25) is 9.59 Å². The molecule has 43 heavy (non-hydrogen) atoms. The summed E-state index contributed by atoms with van der Waals surface area (Å²) in [4.78, 5) is 63.0. The topological polar surface area (TPSA) is 188 Å². The minimum Gasteiger partial charge on any atom is -0.480 e. The van der Waals surface area contributed by atoms with Crippen molar-refractivity contribution in [3.8, 4) is 11.1 Å². The average Bonchev–Trinajstić information content (AvgIpc) is 3.64. The van der Waals surface area contributed by atoms with Gasteiger partial charge in [0, 0.05) is 16.8 Å². The summed E-state index contributed by atoms with van der Waals surface area (Å²) < 4.78 is 9.80. The number of hydrogen-bond donors (Lipinski definition) is 4. The van der Waals surface area contributed by atoms with Crippen LogP contribution in [0.4, 0.5) is 0 Å². The second-order valence-electron chi connectivity index (χ2n) is 9.98. The van der Waals surface area contributed by atoms with E-state index in [2.05, 4.69) is 0 Å². The van der Waals surface area contributed by atoms with Gasteiger partial charge in [-0.1, -0.05) is 60.7 Å². The Balaban J connectivity index is 1.72. The lowest BCUT2D eigenvalue weighted by Gasteiger charge is -2.35. The van der Waals surface area contributed by atoms with Crippen LogP contribution >= 0.6 is 11.3 Å². The lowest BCUT2D eigenvalue weighted by molar-refractivity contribution is -0.221. The predicted molar refractivity (Wildman–Crippen MR) is 151 cm³/mol. The summed E-state index contributed by atoms with van der Waals surface area (Å²) in [5, 5.41) is 40.3. The minimum absolute atomic E-state index is 0.458. The summed E-state index contributed by atoms with van der Waals surface area (Å²) in [5.41, 5.74) is 2.87. The van der Waals surface area contributed by atoms with E-state index in [0.29, 0.717) is 12.8 Å². The SMILES string of the molecule is CC(C(CCc1ccccc1)c1cc(-c2ccccc2)cs1)N(CC(=O)O)C(=O)C1OC(C(=O)O)(C(=O)O)OC1C(=O)O. The summed E-state index contributed by atoms with van der Waals surface area (Å²) in [7, 11) is 0. The van der Waals surface area contributed by atoms with Crippen molar-refractivity contribution in [3.05, 3.63) is 82.6 Å². The molecule has 0 bridgehead atoms. The summed E-state index contributed by atoms with van der Waals surface area (Å²) >= 11 is 1.42. The molecule has 1 aliphatic heterocycles. The van der Waals surface area contributed by atoms with Crippen molar-refractivity contribution in [2.24, 2.45) is 0 Å². The van der Waals surface area contributed by atoms with Gasteiger partial charge in [0.05, 0.1) is 0 Å². The molecule has 4 unspecified atom stereocenters. The Kier molecular flexibility index (Phi) is 9.59. The molecular formula is C30H29NO11S. The largest absolute Gasteiger partial charge is 0.480 e. The Bertz CT molecular complexity index is 1480. The summed E-state index contributed by atoms with van der Waals surface area (Å²) in [6.45, 7) is 0.712. The zero-order valence-electron chi connectivity index (χ0n) is 22.9. The van der Waals surface area contributed by atoms with E-state index >= 15 is 0 Å². The second-order valence-corrected chi connectivity index (χ2v) is 10.9. The zero-order chi connectivity index (χ0) is 31.3. The van der Waals surface area contributed by atoms with Gasteiger partial charge in [-0.25, -0.2) is 14.4 Å². The van der Waals surface area contributed by atoms with Gasteiger partial charge in [0.1, 0.15) is 6.54 Å². The fourth-order valence-corrected chi connectivity index (χ4v) is 6.18. The third-order valence-corrected chi connectivity index (χ3v) is 8.32. The molecule has 0 aliphatic carbocycles. The van der Waals surface area contributed by atoms with Gasteiger partial charge >= 0.3 is 29.7 Å². The van der Waals surface area contributed by atoms with E-state index in [-0.39, 0.29) is 0 Å². The first-order valence-corrected chi connectivity index (χ1v) is 14.1. The van der Waals surface area contributed by atoms with Crippen LogP contribution in [-0.2, 0) is 39.9 Å². The molecule has 12 nitrogen and oxygen atoms in total. The predicted octanol–water partition coefficient (Wildman–Crippen LogP) is 3.17. The van der Waals surface area contributed by atoms with Gasteiger partial charge in [-0.2, -0.15) is 0 Å². The molecule has 226 valence electrons. The quantitative estimate of drug-likeness (QED) is 0.208. The molecule has 4 rings (SSSR count). The third kappa shape index (κ3) is 6.74. The third-order valence-electron chi connectivity index (χ3n) is 7.25. The molecule has 1 saturated heterocycles. The number of benzene rings is 2. The van der Waals surface area contributed by atoms with Crippen molar-refractivity contribution in [1.29, 1.82) is 0 Å². The molecule has 1 fully saturated rings. The lowest BCUT2D eigenvalue weighted by atomic mass is 9.89. The minimum atomic E-state index is -3.47.